The van der Waals surface area contributed by atoms with Gasteiger partial charge in [-0.1, -0.05) is 19.3 Å². The first kappa shape index (κ1) is 14.0. The summed E-state index contributed by atoms with van der Waals surface area (Å²) in [6.07, 6.45) is 6.99. The summed E-state index contributed by atoms with van der Waals surface area (Å²) in [5, 5.41) is 8.82. The molecule has 0 atom stereocenters. The van der Waals surface area contributed by atoms with Gasteiger partial charge in [0.1, 0.15) is 0 Å². The third-order valence-electron chi connectivity index (χ3n) is 2.69. The lowest BCUT2D eigenvalue weighted by Gasteiger charge is -2.23. The van der Waals surface area contributed by atoms with Gasteiger partial charge in [0.15, 0.2) is 0 Å². The van der Waals surface area contributed by atoms with Crippen LogP contribution in [0.3, 0.4) is 0 Å². The van der Waals surface area contributed by atoms with E-state index in [2.05, 4.69) is 25.5 Å². The van der Waals surface area contributed by atoms with E-state index in [1.165, 1.54) is 32.1 Å². The second-order valence-corrected chi connectivity index (χ2v) is 5.69. The normalized spacial score (nSPS) is 18.6. The molecule has 5 heteroatoms. The largest absolute Gasteiger partial charge is 0.395 e. The summed E-state index contributed by atoms with van der Waals surface area (Å²) in [6, 6.07) is 0. The van der Waals surface area contributed by atoms with E-state index in [0.717, 1.165) is 19.7 Å². The SMILES string of the molecule is OCCN(CCOC1CCCCC1)SI. The molecule has 0 heterocycles. The standard InChI is InChI=1S/C10H20INO2S/c11-15-12(6-8-13)7-9-14-10-4-2-1-3-5-10/h10,13H,1-9H2. The highest BCUT2D eigenvalue weighted by Crippen LogP contribution is 2.21. The van der Waals surface area contributed by atoms with Crippen molar-refractivity contribution in [3.05, 3.63) is 0 Å². The van der Waals surface area contributed by atoms with Crippen molar-refractivity contribution >= 4 is 30.3 Å². The Labute approximate surface area is 109 Å². The molecule has 0 spiro atoms. The molecule has 0 saturated heterocycles. The quantitative estimate of drug-likeness (QED) is 0.568. The van der Waals surface area contributed by atoms with E-state index in [0.29, 0.717) is 6.10 Å². The number of hydrogen-bond acceptors (Lipinski definition) is 4. The van der Waals surface area contributed by atoms with E-state index < -0.39 is 0 Å². The molecule has 0 radical (unpaired) electrons. The number of hydrogen-bond donors (Lipinski definition) is 1. The fourth-order valence-corrected chi connectivity index (χ4v) is 3.32. The fraction of sp³-hybridized carbons (Fsp3) is 1.00. The van der Waals surface area contributed by atoms with Crippen LogP contribution >= 0.6 is 30.3 Å². The van der Waals surface area contributed by atoms with Crippen molar-refractivity contribution in [1.82, 2.24) is 4.31 Å². The first-order valence-electron chi connectivity index (χ1n) is 5.63. The van der Waals surface area contributed by atoms with Crippen LogP contribution in [0.5, 0.6) is 0 Å². The van der Waals surface area contributed by atoms with Gasteiger partial charge in [0.2, 0.25) is 0 Å². The summed E-state index contributed by atoms with van der Waals surface area (Å²) in [4.78, 5) is 0. The van der Waals surface area contributed by atoms with Crippen molar-refractivity contribution in [2.75, 3.05) is 26.3 Å². The molecule has 0 aliphatic heterocycles. The molecule has 90 valence electrons. The van der Waals surface area contributed by atoms with Gasteiger partial charge in [-0.25, -0.2) is 4.31 Å². The lowest BCUT2D eigenvalue weighted by Crippen LogP contribution is -2.26. The van der Waals surface area contributed by atoms with Crippen LogP contribution in [-0.2, 0) is 4.74 Å². The van der Waals surface area contributed by atoms with Crippen LogP contribution in [0, 0.1) is 0 Å². The third kappa shape index (κ3) is 6.31. The fourth-order valence-electron chi connectivity index (χ4n) is 1.85. The molecule has 0 aromatic rings. The van der Waals surface area contributed by atoms with Gasteiger partial charge in [-0.2, -0.15) is 0 Å². The van der Waals surface area contributed by atoms with E-state index in [-0.39, 0.29) is 6.61 Å². The molecule has 0 amide bonds. The van der Waals surface area contributed by atoms with Gasteiger partial charge in [-0.15, -0.1) is 0 Å². The average molecular weight is 345 g/mol. The molecule has 1 rings (SSSR count). The van der Waals surface area contributed by atoms with Gasteiger partial charge < -0.3 is 9.84 Å². The molecule has 0 aromatic carbocycles. The molecule has 0 bridgehead atoms. The topological polar surface area (TPSA) is 32.7 Å². The average Bonchev–Trinajstić information content (AvgIpc) is 2.29. The van der Waals surface area contributed by atoms with Gasteiger partial charge in [-0.3, -0.25) is 0 Å². The Hall–Kier alpha value is 0.960. The minimum absolute atomic E-state index is 0.222. The lowest BCUT2D eigenvalue weighted by molar-refractivity contribution is 0.0241. The van der Waals surface area contributed by atoms with Crippen LogP contribution < -0.4 is 0 Å². The highest BCUT2D eigenvalue weighted by atomic mass is 127. The minimum Gasteiger partial charge on any atom is -0.395 e. The van der Waals surface area contributed by atoms with Crippen molar-refractivity contribution in [2.24, 2.45) is 0 Å². The number of nitrogens with zero attached hydrogens (tertiary/aromatic N) is 1. The van der Waals surface area contributed by atoms with Crippen molar-refractivity contribution in [1.29, 1.82) is 0 Å². The maximum absolute atomic E-state index is 8.82. The Morgan fingerprint density at radius 3 is 2.60 bits per heavy atom. The number of rotatable bonds is 7. The summed E-state index contributed by atoms with van der Waals surface area (Å²) in [5.74, 6) is 0. The van der Waals surface area contributed by atoms with E-state index in [1.54, 1.807) is 9.12 Å². The molecule has 1 aliphatic rings. The Morgan fingerprint density at radius 1 is 1.27 bits per heavy atom. The summed E-state index contributed by atoms with van der Waals surface area (Å²) in [6.45, 7) is 2.65. The first-order chi connectivity index (χ1) is 7.36. The van der Waals surface area contributed by atoms with Gasteiger partial charge in [-0.05, 0) is 22.0 Å². The summed E-state index contributed by atoms with van der Waals surface area (Å²) in [5.41, 5.74) is 0. The van der Waals surface area contributed by atoms with Crippen molar-refractivity contribution in [3.63, 3.8) is 0 Å². The molecular formula is C10H20INO2S. The van der Waals surface area contributed by atoms with Crippen LogP contribution in [0.1, 0.15) is 32.1 Å². The van der Waals surface area contributed by atoms with Crippen LogP contribution in [0.25, 0.3) is 0 Å². The molecule has 1 saturated carbocycles. The maximum Gasteiger partial charge on any atom is 0.0606 e. The number of aliphatic hydroxyl groups excluding tert-OH is 1. The Bertz CT molecular complexity index is 152. The first-order valence-corrected chi connectivity index (χ1v) is 8.94. The van der Waals surface area contributed by atoms with E-state index in [1.807, 2.05) is 0 Å². The summed E-state index contributed by atoms with van der Waals surface area (Å²) >= 11 is 2.24. The zero-order chi connectivity index (χ0) is 10.9. The highest BCUT2D eigenvalue weighted by Gasteiger charge is 2.13. The zero-order valence-electron chi connectivity index (χ0n) is 9.03. The number of ether oxygens (including phenoxy) is 1. The van der Waals surface area contributed by atoms with Crippen LogP contribution in [-0.4, -0.2) is 41.8 Å². The van der Waals surface area contributed by atoms with Crippen LogP contribution in [0.4, 0.5) is 0 Å². The van der Waals surface area contributed by atoms with Gasteiger partial charge in [0.05, 0.1) is 19.3 Å². The smallest absolute Gasteiger partial charge is 0.0606 e. The maximum atomic E-state index is 8.82. The van der Waals surface area contributed by atoms with Crippen LogP contribution in [0.15, 0.2) is 0 Å². The molecule has 0 unspecified atom stereocenters. The van der Waals surface area contributed by atoms with Crippen molar-refractivity contribution in [2.45, 2.75) is 38.2 Å². The van der Waals surface area contributed by atoms with E-state index in [4.69, 9.17) is 9.84 Å². The predicted molar refractivity (Wildman–Crippen MR) is 73.1 cm³/mol. The Morgan fingerprint density at radius 2 is 2.00 bits per heavy atom. The van der Waals surface area contributed by atoms with Crippen molar-refractivity contribution < 1.29 is 9.84 Å². The molecule has 1 fully saturated rings. The lowest BCUT2D eigenvalue weighted by atomic mass is 9.98. The monoisotopic (exact) mass is 345 g/mol. The van der Waals surface area contributed by atoms with Crippen LogP contribution in [0.2, 0.25) is 0 Å². The second kappa shape index (κ2) is 9.04. The third-order valence-corrected chi connectivity index (χ3v) is 4.92. The van der Waals surface area contributed by atoms with Gasteiger partial charge in [0, 0.05) is 34.3 Å². The van der Waals surface area contributed by atoms with Gasteiger partial charge in [0.25, 0.3) is 0 Å². The molecule has 1 aliphatic carbocycles. The molecule has 3 nitrogen and oxygen atoms in total. The molecule has 1 N–H and O–H groups in total. The second-order valence-electron chi connectivity index (χ2n) is 3.85. The van der Waals surface area contributed by atoms with E-state index in [9.17, 15) is 0 Å². The van der Waals surface area contributed by atoms with E-state index >= 15 is 0 Å². The Balaban J connectivity index is 2.03. The van der Waals surface area contributed by atoms with Gasteiger partial charge >= 0.3 is 0 Å². The molecule has 15 heavy (non-hydrogen) atoms. The summed E-state index contributed by atoms with van der Waals surface area (Å²) in [7, 11) is 1.64. The van der Waals surface area contributed by atoms with Crippen molar-refractivity contribution in [3.8, 4) is 0 Å². The number of aliphatic hydroxyl groups is 1. The highest BCUT2D eigenvalue weighted by molar-refractivity contribution is 14.2. The Kier molecular flexibility index (Phi) is 8.45. The minimum atomic E-state index is 0.222. The zero-order valence-corrected chi connectivity index (χ0v) is 12.0. The predicted octanol–water partition coefficient (Wildman–Crippen LogP) is 2.63. The number of halogens is 1. The molecular weight excluding hydrogens is 325 g/mol. The summed E-state index contributed by atoms with van der Waals surface area (Å²) < 4.78 is 7.95. The molecule has 0 aromatic heterocycles.